The number of hydrogen-bond donors (Lipinski definition) is 0. The minimum atomic E-state index is 0.597. The fourth-order valence-corrected chi connectivity index (χ4v) is 6.34. The standard InChI is InChI=1S/C22H34N2/c1-14-9-15(2)21(16(3)10-14)24-8-7-23(13-24)20-12-18-11-19(17(20)4)22(18,5)6/h9-10,17-20H,7-8,11-13H2,1-6H3/t17-,18+,19-,20?/m0/s1. The molecule has 0 radical (unpaired) electrons. The summed E-state index contributed by atoms with van der Waals surface area (Å²) in [6.45, 7) is 17.9. The van der Waals surface area contributed by atoms with Crippen LogP contribution >= 0.6 is 0 Å². The molecule has 1 aromatic carbocycles. The van der Waals surface area contributed by atoms with Crippen molar-refractivity contribution in [1.29, 1.82) is 0 Å². The Morgan fingerprint density at radius 1 is 1.00 bits per heavy atom. The highest BCUT2D eigenvalue weighted by Gasteiger charge is 2.57. The molecule has 132 valence electrons. The zero-order chi connectivity index (χ0) is 17.2. The molecule has 4 fully saturated rings. The van der Waals surface area contributed by atoms with Crippen molar-refractivity contribution in [3.63, 3.8) is 0 Å². The number of rotatable bonds is 2. The number of aryl methyl sites for hydroxylation is 3. The van der Waals surface area contributed by atoms with Crippen LogP contribution in [0.2, 0.25) is 0 Å². The zero-order valence-corrected chi connectivity index (χ0v) is 16.4. The third kappa shape index (κ3) is 2.33. The normalized spacial score (nSPS) is 35.2. The number of benzene rings is 1. The minimum Gasteiger partial charge on any atom is -0.357 e. The summed E-state index contributed by atoms with van der Waals surface area (Å²) in [6, 6.07) is 5.48. The monoisotopic (exact) mass is 326 g/mol. The van der Waals surface area contributed by atoms with Crippen molar-refractivity contribution in [2.75, 3.05) is 24.7 Å². The molecule has 1 unspecified atom stereocenters. The third-order valence-corrected chi connectivity index (χ3v) is 7.74. The average Bonchev–Trinajstić information content (AvgIpc) is 2.95. The second-order valence-electron chi connectivity index (χ2n) is 9.49. The molecule has 0 spiro atoms. The van der Waals surface area contributed by atoms with Crippen LogP contribution in [0.1, 0.15) is 50.3 Å². The summed E-state index contributed by atoms with van der Waals surface area (Å²) >= 11 is 0. The molecule has 2 heteroatoms. The van der Waals surface area contributed by atoms with Crippen molar-refractivity contribution in [2.24, 2.45) is 23.2 Å². The van der Waals surface area contributed by atoms with Gasteiger partial charge in [0.25, 0.3) is 0 Å². The van der Waals surface area contributed by atoms with Crippen LogP contribution in [0.15, 0.2) is 12.1 Å². The second-order valence-corrected chi connectivity index (χ2v) is 9.49. The summed E-state index contributed by atoms with van der Waals surface area (Å²) in [6.07, 6.45) is 2.91. The largest absolute Gasteiger partial charge is 0.357 e. The maximum absolute atomic E-state index is 2.79. The van der Waals surface area contributed by atoms with Gasteiger partial charge in [-0.05, 0) is 67.9 Å². The predicted molar refractivity (Wildman–Crippen MR) is 103 cm³/mol. The molecule has 0 amide bonds. The SMILES string of the molecule is Cc1cc(C)c(N2CCN(C3C[C@H]4C[C@@H]([C@@H]3C)C4(C)C)C2)c(C)c1. The van der Waals surface area contributed by atoms with Crippen molar-refractivity contribution in [1.82, 2.24) is 4.90 Å². The van der Waals surface area contributed by atoms with Crippen molar-refractivity contribution >= 4 is 5.69 Å². The van der Waals surface area contributed by atoms with Crippen LogP contribution in [-0.2, 0) is 0 Å². The Morgan fingerprint density at radius 2 is 1.67 bits per heavy atom. The molecule has 4 atom stereocenters. The predicted octanol–water partition coefficient (Wildman–Crippen LogP) is 4.76. The highest BCUT2D eigenvalue weighted by Crippen LogP contribution is 2.62. The van der Waals surface area contributed by atoms with Crippen LogP contribution in [0.3, 0.4) is 0 Å². The van der Waals surface area contributed by atoms with Gasteiger partial charge in [0.1, 0.15) is 0 Å². The number of anilines is 1. The van der Waals surface area contributed by atoms with Crippen molar-refractivity contribution in [3.05, 3.63) is 28.8 Å². The van der Waals surface area contributed by atoms with Gasteiger partial charge in [-0.25, -0.2) is 0 Å². The molecule has 2 nitrogen and oxygen atoms in total. The van der Waals surface area contributed by atoms with Crippen molar-refractivity contribution in [2.45, 2.75) is 60.4 Å². The van der Waals surface area contributed by atoms with Gasteiger partial charge in [-0.2, -0.15) is 0 Å². The van der Waals surface area contributed by atoms with Gasteiger partial charge in [-0.1, -0.05) is 38.5 Å². The van der Waals surface area contributed by atoms with Crippen molar-refractivity contribution < 1.29 is 0 Å². The maximum Gasteiger partial charge on any atom is 0.0710 e. The van der Waals surface area contributed by atoms with Crippen LogP contribution in [0, 0.1) is 43.9 Å². The smallest absolute Gasteiger partial charge is 0.0710 e. The van der Waals surface area contributed by atoms with Gasteiger partial charge in [0, 0.05) is 24.8 Å². The van der Waals surface area contributed by atoms with E-state index in [1.807, 2.05) is 0 Å². The summed E-state index contributed by atoms with van der Waals surface area (Å²) in [5.74, 6) is 2.75. The molecule has 2 bridgehead atoms. The summed E-state index contributed by atoms with van der Waals surface area (Å²) in [7, 11) is 0. The van der Waals surface area contributed by atoms with E-state index in [4.69, 9.17) is 0 Å². The quantitative estimate of drug-likeness (QED) is 0.773. The lowest BCUT2D eigenvalue weighted by Gasteiger charge is -2.63. The maximum atomic E-state index is 2.79. The zero-order valence-electron chi connectivity index (χ0n) is 16.4. The molecule has 0 N–H and O–H groups in total. The topological polar surface area (TPSA) is 6.48 Å². The third-order valence-electron chi connectivity index (χ3n) is 7.74. The molecule has 24 heavy (non-hydrogen) atoms. The summed E-state index contributed by atoms with van der Waals surface area (Å²) < 4.78 is 0. The Labute approximate surface area is 148 Å². The lowest BCUT2D eigenvalue weighted by atomic mass is 9.44. The van der Waals surface area contributed by atoms with Crippen LogP contribution < -0.4 is 4.90 Å². The van der Waals surface area contributed by atoms with E-state index in [1.165, 1.54) is 48.3 Å². The van der Waals surface area contributed by atoms with Gasteiger partial charge in [0.15, 0.2) is 0 Å². The highest BCUT2D eigenvalue weighted by molar-refractivity contribution is 5.60. The van der Waals surface area contributed by atoms with E-state index in [0.29, 0.717) is 5.41 Å². The van der Waals surface area contributed by atoms with E-state index < -0.39 is 0 Å². The molecule has 1 heterocycles. The Balaban J connectivity index is 1.50. The van der Waals surface area contributed by atoms with Crippen LogP contribution in [0.5, 0.6) is 0 Å². The Hall–Kier alpha value is -1.02. The highest BCUT2D eigenvalue weighted by atomic mass is 15.4. The van der Waals surface area contributed by atoms with Gasteiger partial charge in [-0.15, -0.1) is 0 Å². The molecule has 3 saturated carbocycles. The first-order chi connectivity index (χ1) is 11.3. The van der Waals surface area contributed by atoms with Gasteiger partial charge in [0.05, 0.1) is 6.67 Å². The van der Waals surface area contributed by atoms with Crippen LogP contribution in [-0.4, -0.2) is 30.7 Å². The summed E-state index contributed by atoms with van der Waals surface area (Å²) in [5.41, 5.74) is 6.34. The molecule has 4 aliphatic rings. The Bertz CT molecular complexity index is 624. The molecule has 3 aliphatic carbocycles. The van der Waals surface area contributed by atoms with E-state index in [2.05, 4.69) is 63.5 Å². The summed E-state index contributed by atoms with van der Waals surface area (Å²) in [4.78, 5) is 5.42. The first-order valence-corrected chi connectivity index (χ1v) is 9.86. The van der Waals surface area contributed by atoms with E-state index in [9.17, 15) is 0 Å². The molecule has 1 saturated heterocycles. The van der Waals surface area contributed by atoms with Gasteiger partial charge in [-0.3, -0.25) is 4.90 Å². The first-order valence-electron chi connectivity index (χ1n) is 9.86. The lowest BCUT2D eigenvalue weighted by molar-refractivity contribution is -0.135. The number of nitrogens with zero attached hydrogens (tertiary/aromatic N) is 2. The van der Waals surface area contributed by atoms with Gasteiger partial charge < -0.3 is 4.90 Å². The lowest BCUT2D eigenvalue weighted by Crippen LogP contribution is -2.60. The minimum absolute atomic E-state index is 0.597. The van der Waals surface area contributed by atoms with E-state index >= 15 is 0 Å². The van der Waals surface area contributed by atoms with E-state index in [-0.39, 0.29) is 0 Å². The Kier molecular flexibility index (Phi) is 3.76. The van der Waals surface area contributed by atoms with Crippen LogP contribution in [0.25, 0.3) is 0 Å². The van der Waals surface area contributed by atoms with Gasteiger partial charge >= 0.3 is 0 Å². The fraction of sp³-hybridized carbons (Fsp3) is 0.727. The second kappa shape index (κ2) is 5.49. The molecule has 1 aromatic rings. The Morgan fingerprint density at radius 3 is 2.25 bits per heavy atom. The van der Waals surface area contributed by atoms with Crippen LogP contribution in [0.4, 0.5) is 5.69 Å². The number of fused-ring (bicyclic) bond motifs is 2. The first kappa shape index (κ1) is 16.4. The molecule has 5 rings (SSSR count). The van der Waals surface area contributed by atoms with Crippen molar-refractivity contribution in [3.8, 4) is 0 Å². The van der Waals surface area contributed by atoms with E-state index in [0.717, 1.165) is 30.5 Å². The number of hydrogen-bond acceptors (Lipinski definition) is 2. The molecular weight excluding hydrogens is 292 g/mol. The molecular formula is C22H34N2. The molecule has 1 aliphatic heterocycles. The molecule has 0 aromatic heterocycles. The summed E-state index contributed by atoms with van der Waals surface area (Å²) in [5, 5.41) is 0. The fourth-order valence-electron chi connectivity index (χ4n) is 6.34. The average molecular weight is 327 g/mol. The van der Waals surface area contributed by atoms with E-state index in [1.54, 1.807) is 0 Å². The van der Waals surface area contributed by atoms with Gasteiger partial charge in [0.2, 0.25) is 0 Å².